The van der Waals surface area contributed by atoms with Crippen molar-refractivity contribution in [1.29, 1.82) is 5.26 Å². The predicted octanol–water partition coefficient (Wildman–Crippen LogP) is 1.97. The molecule has 0 amide bonds. The SMILES string of the molecule is CS(=O)(=O)N1CCCC(F)C1.N#Cc1c(F)c2cnc(N)nn2c1C1CCC1. The molecule has 28 heavy (non-hydrogen) atoms. The van der Waals surface area contributed by atoms with Crippen LogP contribution in [-0.4, -0.2) is 52.8 Å². The van der Waals surface area contributed by atoms with Crippen molar-refractivity contribution in [2.75, 3.05) is 25.1 Å². The van der Waals surface area contributed by atoms with Crippen LogP contribution in [0.3, 0.4) is 0 Å². The summed E-state index contributed by atoms with van der Waals surface area (Å²) in [5.41, 5.74) is 6.44. The van der Waals surface area contributed by atoms with E-state index < -0.39 is 22.0 Å². The highest BCUT2D eigenvalue weighted by Crippen LogP contribution is 2.39. The molecule has 4 rings (SSSR count). The molecular weight excluding hydrogens is 390 g/mol. The highest BCUT2D eigenvalue weighted by Gasteiger charge is 2.30. The van der Waals surface area contributed by atoms with Gasteiger partial charge in [-0.15, -0.1) is 5.10 Å². The Labute approximate surface area is 162 Å². The number of alkyl halides is 1. The van der Waals surface area contributed by atoms with Gasteiger partial charge < -0.3 is 5.73 Å². The van der Waals surface area contributed by atoms with Crippen molar-refractivity contribution < 1.29 is 17.2 Å². The zero-order chi connectivity index (χ0) is 20.5. The summed E-state index contributed by atoms with van der Waals surface area (Å²) in [6.07, 6.45) is 5.61. The summed E-state index contributed by atoms with van der Waals surface area (Å²) < 4.78 is 51.0. The maximum atomic E-state index is 14.0. The Balaban J connectivity index is 0.000000178. The second-order valence-corrected chi connectivity index (χ2v) is 9.07. The van der Waals surface area contributed by atoms with Gasteiger partial charge >= 0.3 is 0 Å². The van der Waals surface area contributed by atoms with Gasteiger partial charge in [0.2, 0.25) is 16.0 Å². The first-order valence-electron chi connectivity index (χ1n) is 9.04. The van der Waals surface area contributed by atoms with E-state index in [1.807, 2.05) is 6.07 Å². The number of anilines is 1. The van der Waals surface area contributed by atoms with Gasteiger partial charge in [0, 0.05) is 19.0 Å². The van der Waals surface area contributed by atoms with Crippen LogP contribution in [0.2, 0.25) is 0 Å². The summed E-state index contributed by atoms with van der Waals surface area (Å²) in [4.78, 5) is 3.76. The summed E-state index contributed by atoms with van der Waals surface area (Å²) in [6.45, 7) is 0.512. The van der Waals surface area contributed by atoms with Crippen LogP contribution >= 0.6 is 0 Å². The molecule has 2 aliphatic rings. The topological polar surface area (TPSA) is 117 Å². The van der Waals surface area contributed by atoms with Gasteiger partial charge in [-0.1, -0.05) is 6.42 Å². The molecule has 0 aromatic carbocycles. The van der Waals surface area contributed by atoms with E-state index in [0.717, 1.165) is 25.5 Å². The molecule has 11 heteroatoms. The lowest BCUT2D eigenvalue weighted by Crippen LogP contribution is -2.39. The zero-order valence-electron chi connectivity index (χ0n) is 15.5. The normalized spacial score (nSPS) is 20.9. The Hall–Kier alpha value is -2.32. The molecule has 8 nitrogen and oxygen atoms in total. The molecule has 1 aliphatic carbocycles. The maximum absolute atomic E-state index is 14.0. The molecule has 2 fully saturated rings. The Morgan fingerprint density at radius 1 is 1.32 bits per heavy atom. The first kappa shape index (κ1) is 20.4. The van der Waals surface area contributed by atoms with Gasteiger partial charge in [0.05, 0.1) is 18.1 Å². The van der Waals surface area contributed by atoms with Crippen LogP contribution in [0.4, 0.5) is 14.7 Å². The molecular formula is C17H22F2N6O2S. The Bertz CT molecular complexity index is 1010. The number of halogens is 2. The van der Waals surface area contributed by atoms with Crippen molar-refractivity contribution in [2.45, 2.75) is 44.2 Å². The van der Waals surface area contributed by atoms with Crippen LogP contribution < -0.4 is 5.73 Å². The maximum Gasteiger partial charge on any atom is 0.238 e. The van der Waals surface area contributed by atoms with Gasteiger partial charge in [-0.25, -0.2) is 26.7 Å². The first-order valence-corrected chi connectivity index (χ1v) is 10.9. The van der Waals surface area contributed by atoms with E-state index in [9.17, 15) is 17.2 Å². The van der Waals surface area contributed by atoms with Gasteiger partial charge in [0.15, 0.2) is 5.82 Å². The number of nitrogens with zero attached hydrogens (tertiary/aromatic N) is 5. The molecule has 0 spiro atoms. The molecule has 1 aliphatic heterocycles. The van der Waals surface area contributed by atoms with E-state index in [4.69, 9.17) is 11.0 Å². The second-order valence-electron chi connectivity index (χ2n) is 7.09. The van der Waals surface area contributed by atoms with Crippen LogP contribution in [0.15, 0.2) is 6.20 Å². The van der Waals surface area contributed by atoms with Gasteiger partial charge in [-0.2, -0.15) is 9.57 Å². The van der Waals surface area contributed by atoms with Crippen molar-refractivity contribution >= 4 is 21.5 Å². The first-order chi connectivity index (χ1) is 13.2. The molecule has 0 radical (unpaired) electrons. The summed E-state index contributed by atoms with van der Waals surface area (Å²) in [7, 11) is -3.17. The van der Waals surface area contributed by atoms with Gasteiger partial charge in [0.25, 0.3) is 0 Å². The second kappa shape index (κ2) is 7.97. The Morgan fingerprint density at radius 2 is 2.04 bits per heavy atom. The predicted molar refractivity (Wildman–Crippen MR) is 99.2 cm³/mol. The molecule has 1 saturated carbocycles. The van der Waals surface area contributed by atoms with E-state index in [-0.39, 0.29) is 29.5 Å². The van der Waals surface area contributed by atoms with E-state index in [1.165, 1.54) is 15.0 Å². The molecule has 3 heterocycles. The number of aromatic nitrogens is 3. The fourth-order valence-electron chi connectivity index (χ4n) is 3.40. The van der Waals surface area contributed by atoms with Crippen molar-refractivity contribution in [3.63, 3.8) is 0 Å². The fraction of sp³-hybridized carbons (Fsp3) is 0.588. The summed E-state index contributed by atoms with van der Waals surface area (Å²) >= 11 is 0. The fourth-order valence-corrected chi connectivity index (χ4v) is 4.30. The summed E-state index contributed by atoms with van der Waals surface area (Å²) in [5, 5.41) is 13.1. The van der Waals surface area contributed by atoms with Crippen LogP contribution in [0, 0.1) is 17.1 Å². The Morgan fingerprint density at radius 3 is 2.54 bits per heavy atom. The van der Waals surface area contributed by atoms with E-state index in [0.29, 0.717) is 25.1 Å². The molecule has 152 valence electrons. The van der Waals surface area contributed by atoms with Gasteiger partial charge in [-0.05, 0) is 25.7 Å². The minimum Gasteiger partial charge on any atom is -0.367 e. The smallest absolute Gasteiger partial charge is 0.238 e. The number of fused-ring (bicyclic) bond motifs is 1. The van der Waals surface area contributed by atoms with Crippen LogP contribution in [0.1, 0.15) is 49.3 Å². The summed E-state index contributed by atoms with van der Waals surface area (Å²) in [5.74, 6) is -0.261. The molecule has 2 aromatic rings. The number of hydrogen-bond donors (Lipinski definition) is 1. The lowest BCUT2D eigenvalue weighted by molar-refractivity contribution is 0.203. The third-order valence-corrected chi connectivity index (χ3v) is 6.35. The minimum atomic E-state index is -3.17. The molecule has 2 N–H and O–H groups in total. The van der Waals surface area contributed by atoms with Crippen molar-refractivity contribution in [3.05, 3.63) is 23.3 Å². The van der Waals surface area contributed by atoms with Gasteiger partial charge in [-0.3, -0.25) is 0 Å². The molecule has 1 atom stereocenters. The quantitative estimate of drug-likeness (QED) is 0.806. The largest absolute Gasteiger partial charge is 0.367 e. The van der Waals surface area contributed by atoms with Crippen LogP contribution in [0.25, 0.3) is 5.52 Å². The molecule has 2 aromatic heterocycles. The molecule has 1 saturated heterocycles. The average molecular weight is 412 g/mol. The highest BCUT2D eigenvalue weighted by molar-refractivity contribution is 7.88. The third-order valence-electron chi connectivity index (χ3n) is 5.08. The lowest BCUT2D eigenvalue weighted by atomic mass is 9.82. The van der Waals surface area contributed by atoms with Crippen LogP contribution in [0.5, 0.6) is 0 Å². The summed E-state index contributed by atoms with van der Waals surface area (Å²) in [6, 6.07) is 1.92. The molecule has 1 unspecified atom stereocenters. The molecule has 0 bridgehead atoms. The van der Waals surface area contributed by atoms with Gasteiger partial charge in [0.1, 0.15) is 23.3 Å². The number of nitrogen functional groups attached to an aromatic ring is 1. The number of rotatable bonds is 2. The van der Waals surface area contributed by atoms with E-state index in [1.54, 1.807) is 0 Å². The van der Waals surface area contributed by atoms with E-state index in [2.05, 4.69) is 10.1 Å². The van der Waals surface area contributed by atoms with E-state index >= 15 is 0 Å². The number of nitrogens with two attached hydrogens (primary N) is 1. The highest BCUT2D eigenvalue weighted by atomic mass is 32.2. The lowest BCUT2D eigenvalue weighted by Gasteiger charge is -2.26. The third kappa shape index (κ3) is 4.07. The number of piperidine rings is 1. The van der Waals surface area contributed by atoms with Crippen LogP contribution in [-0.2, 0) is 10.0 Å². The monoisotopic (exact) mass is 412 g/mol. The van der Waals surface area contributed by atoms with Crippen molar-refractivity contribution in [1.82, 2.24) is 18.9 Å². The average Bonchev–Trinajstić information content (AvgIpc) is 2.85. The number of hydrogen-bond acceptors (Lipinski definition) is 6. The Kier molecular flexibility index (Phi) is 5.81. The number of sulfonamides is 1. The minimum absolute atomic E-state index is 0.0405. The zero-order valence-corrected chi connectivity index (χ0v) is 16.3. The standard InChI is InChI=1S/C11H10FN5.C6H12FNO2S/c12-9-7(4-13)10(6-2-1-3-6)17-8(9)5-15-11(14)16-17;1-11(9,10)8-4-2-3-6(7)5-8/h5-6H,1-3H2,(H2,14,16);6H,2-5H2,1H3. The number of nitriles is 1. The van der Waals surface area contributed by atoms with Crippen molar-refractivity contribution in [3.8, 4) is 6.07 Å². The van der Waals surface area contributed by atoms with Crippen molar-refractivity contribution in [2.24, 2.45) is 0 Å².